The molecule has 1 amide bonds. The van der Waals surface area contributed by atoms with Gasteiger partial charge in [-0.05, 0) is 19.4 Å². The van der Waals surface area contributed by atoms with Gasteiger partial charge in [0.05, 0.1) is 10.6 Å². The molecular formula is C14H18ClN5O. The fourth-order valence-corrected chi connectivity index (χ4v) is 2.38. The minimum atomic E-state index is -0.533. The number of halogens is 1. The van der Waals surface area contributed by atoms with E-state index in [1.165, 1.54) is 6.20 Å². The smallest absolute Gasteiger partial charge is 0.250 e. The Hall–Kier alpha value is -2.08. The fraction of sp³-hybridized carbons (Fsp3) is 0.357. The lowest BCUT2D eigenvalue weighted by Gasteiger charge is -2.19. The van der Waals surface area contributed by atoms with E-state index in [2.05, 4.69) is 14.5 Å². The van der Waals surface area contributed by atoms with E-state index in [-0.39, 0.29) is 0 Å². The SMILES string of the molecule is Cc1nccn1CCCN(C)c1ncc(C(N)=O)cc1Cl. The molecule has 2 rings (SSSR count). The molecule has 0 atom stereocenters. The number of pyridine rings is 1. The van der Waals surface area contributed by atoms with Crippen LogP contribution < -0.4 is 10.6 Å². The number of aryl methyl sites for hydroxylation is 2. The first-order chi connectivity index (χ1) is 9.99. The van der Waals surface area contributed by atoms with Crippen LogP contribution in [0.2, 0.25) is 5.02 Å². The van der Waals surface area contributed by atoms with Crippen LogP contribution in [0.3, 0.4) is 0 Å². The lowest BCUT2D eigenvalue weighted by Crippen LogP contribution is -2.22. The van der Waals surface area contributed by atoms with Crippen LogP contribution in [-0.4, -0.2) is 34.0 Å². The summed E-state index contributed by atoms with van der Waals surface area (Å²) < 4.78 is 2.10. The normalized spacial score (nSPS) is 10.6. The van der Waals surface area contributed by atoms with Gasteiger partial charge in [0.25, 0.3) is 0 Å². The maximum absolute atomic E-state index is 11.1. The number of carbonyl (C=O) groups is 1. The summed E-state index contributed by atoms with van der Waals surface area (Å²) in [6.07, 6.45) is 6.13. The van der Waals surface area contributed by atoms with Crippen LogP contribution in [0.4, 0.5) is 5.82 Å². The molecular weight excluding hydrogens is 290 g/mol. The molecule has 0 bridgehead atoms. The van der Waals surface area contributed by atoms with Crippen molar-refractivity contribution in [3.8, 4) is 0 Å². The summed E-state index contributed by atoms with van der Waals surface area (Å²) in [7, 11) is 1.92. The van der Waals surface area contributed by atoms with E-state index in [4.69, 9.17) is 17.3 Å². The molecule has 0 aliphatic carbocycles. The second-order valence-electron chi connectivity index (χ2n) is 4.84. The molecule has 0 aliphatic rings. The first-order valence-corrected chi connectivity index (χ1v) is 7.01. The topological polar surface area (TPSA) is 77.0 Å². The Morgan fingerprint density at radius 1 is 1.48 bits per heavy atom. The number of hydrogen-bond donors (Lipinski definition) is 1. The number of amides is 1. The summed E-state index contributed by atoms with van der Waals surface area (Å²) in [5.74, 6) is 1.11. The highest BCUT2D eigenvalue weighted by atomic mass is 35.5. The van der Waals surface area contributed by atoms with Crippen molar-refractivity contribution in [1.82, 2.24) is 14.5 Å². The molecule has 112 valence electrons. The Kier molecular flexibility index (Phi) is 4.80. The second-order valence-corrected chi connectivity index (χ2v) is 5.24. The Balaban J connectivity index is 1.95. The minimum Gasteiger partial charge on any atom is -0.366 e. The molecule has 2 aromatic rings. The maximum Gasteiger partial charge on any atom is 0.250 e. The summed E-state index contributed by atoms with van der Waals surface area (Å²) in [5, 5.41) is 0.424. The van der Waals surface area contributed by atoms with Crippen molar-refractivity contribution in [2.75, 3.05) is 18.5 Å². The number of nitrogens with two attached hydrogens (primary N) is 1. The van der Waals surface area contributed by atoms with E-state index in [1.54, 1.807) is 12.3 Å². The molecule has 0 radical (unpaired) electrons. The van der Waals surface area contributed by atoms with E-state index >= 15 is 0 Å². The van der Waals surface area contributed by atoms with Crippen LogP contribution in [-0.2, 0) is 6.54 Å². The predicted molar refractivity (Wildman–Crippen MR) is 82.6 cm³/mol. The third-order valence-corrected chi connectivity index (χ3v) is 3.56. The average molecular weight is 308 g/mol. The Bertz CT molecular complexity index is 640. The van der Waals surface area contributed by atoms with Crippen LogP contribution in [0, 0.1) is 6.92 Å². The summed E-state index contributed by atoms with van der Waals surface area (Å²) in [5.41, 5.74) is 5.51. The quantitative estimate of drug-likeness (QED) is 0.883. The van der Waals surface area contributed by atoms with Gasteiger partial charge in [-0.25, -0.2) is 9.97 Å². The second kappa shape index (κ2) is 6.58. The number of hydrogen-bond acceptors (Lipinski definition) is 4. The molecule has 7 heteroatoms. The number of nitrogens with zero attached hydrogens (tertiary/aromatic N) is 4. The van der Waals surface area contributed by atoms with Gasteiger partial charge >= 0.3 is 0 Å². The van der Waals surface area contributed by atoms with Crippen LogP contribution in [0.25, 0.3) is 0 Å². The first kappa shape index (κ1) is 15.3. The molecule has 6 nitrogen and oxygen atoms in total. The zero-order valence-corrected chi connectivity index (χ0v) is 12.8. The van der Waals surface area contributed by atoms with E-state index in [9.17, 15) is 4.79 Å². The monoisotopic (exact) mass is 307 g/mol. The van der Waals surface area contributed by atoms with Gasteiger partial charge in [0.2, 0.25) is 5.91 Å². The third-order valence-electron chi connectivity index (χ3n) is 3.28. The number of rotatable bonds is 6. The summed E-state index contributed by atoms with van der Waals surface area (Å²) in [6.45, 7) is 3.65. The number of aromatic nitrogens is 3. The molecule has 0 spiro atoms. The predicted octanol–water partition coefficient (Wildman–Crippen LogP) is 1.87. The fourth-order valence-electron chi connectivity index (χ4n) is 2.07. The number of anilines is 1. The average Bonchev–Trinajstić information content (AvgIpc) is 2.84. The van der Waals surface area contributed by atoms with E-state index in [0.29, 0.717) is 16.4 Å². The van der Waals surface area contributed by atoms with Gasteiger partial charge < -0.3 is 15.2 Å². The molecule has 2 heterocycles. The van der Waals surface area contributed by atoms with Crippen LogP contribution in [0.1, 0.15) is 22.6 Å². The van der Waals surface area contributed by atoms with Crippen molar-refractivity contribution >= 4 is 23.3 Å². The molecule has 21 heavy (non-hydrogen) atoms. The lowest BCUT2D eigenvalue weighted by molar-refractivity contribution is 0.1000. The number of carbonyl (C=O) groups excluding carboxylic acids is 1. The summed E-state index contributed by atoms with van der Waals surface area (Å²) >= 11 is 6.14. The number of imidazole rings is 1. The zero-order valence-electron chi connectivity index (χ0n) is 12.1. The van der Waals surface area contributed by atoms with E-state index in [0.717, 1.165) is 25.3 Å². The van der Waals surface area contributed by atoms with Crippen molar-refractivity contribution in [3.05, 3.63) is 41.1 Å². The van der Waals surface area contributed by atoms with Crippen LogP contribution in [0.5, 0.6) is 0 Å². The highest BCUT2D eigenvalue weighted by Crippen LogP contribution is 2.23. The first-order valence-electron chi connectivity index (χ1n) is 6.63. The number of primary amides is 1. The standard InChI is InChI=1S/C14H18ClN5O/c1-10-17-4-7-20(10)6-3-5-19(2)14-12(15)8-11(9-18-14)13(16)21/h4,7-9H,3,5-6H2,1-2H3,(H2,16,21). The summed E-state index contributed by atoms with van der Waals surface area (Å²) in [4.78, 5) is 21.4. The van der Waals surface area contributed by atoms with Gasteiger partial charge in [-0.1, -0.05) is 11.6 Å². The molecule has 0 saturated carbocycles. The van der Waals surface area contributed by atoms with Gasteiger partial charge in [0.15, 0.2) is 0 Å². The Labute approximate surface area is 128 Å². The van der Waals surface area contributed by atoms with Gasteiger partial charge in [0, 0.05) is 38.7 Å². The molecule has 0 unspecified atom stereocenters. The third kappa shape index (κ3) is 3.72. The maximum atomic E-state index is 11.1. The molecule has 2 N–H and O–H groups in total. The molecule has 2 aromatic heterocycles. The van der Waals surface area contributed by atoms with Crippen LogP contribution >= 0.6 is 11.6 Å². The molecule has 0 saturated heterocycles. The molecule has 0 aromatic carbocycles. The Morgan fingerprint density at radius 2 is 2.24 bits per heavy atom. The molecule has 0 aliphatic heterocycles. The van der Waals surface area contributed by atoms with Gasteiger partial charge in [-0.15, -0.1) is 0 Å². The van der Waals surface area contributed by atoms with Crippen molar-refractivity contribution < 1.29 is 4.79 Å². The highest BCUT2D eigenvalue weighted by Gasteiger charge is 2.11. The van der Waals surface area contributed by atoms with Gasteiger partial charge in [-0.3, -0.25) is 4.79 Å². The van der Waals surface area contributed by atoms with Crippen molar-refractivity contribution in [1.29, 1.82) is 0 Å². The van der Waals surface area contributed by atoms with Crippen LogP contribution in [0.15, 0.2) is 24.7 Å². The van der Waals surface area contributed by atoms with E-state index < -0.39 is 5.91 Å². The minimum absolute atomic E-state index is 0.311. The summed E-state index contributed by atoms with van der Waals surface area (Å²) in [6, 6.07) is 1.54. The van der Waals surface area contributed by atoms with Crippen molar-refractivity contribution in [3.63, 3.8) is 0 Å². The van der Waals surface area contributed by atoms with Crippen molar-refractivity contribution in [2.24, 2.45) is 5.73 Å². The van der Waals surface area contributed by atoms with Crippen molar-refractivity contribution in [2.45, 2.75) is 19.9 Å². The largest absolute Gasteiger partial charge is 0.366 e. The zero-order chi connectivity index (χ0) is 15.4. The van der Waals surface area contributed by atoms with Gasteiger partial charge in [0.1, 0.15) is 11.6 Å². The Morgan fingerprint density at radius 3 is 2.81 bits per heavy atom. The molecule has 0 fully saturated rings. The van der Waals surface area contributed by atoms with E-state index in [1.807, 2.05) is 25.1 Å². The van der Waals surface area contributed by atoms with Gasteiger partial charge in [-0.2, -0.15) is 0 Å². The highest BCUT2D eigenvalue weighted by molar-refractivity contribution is 6.33. The lowest BCUT2D eigenvalue weighted by atomic mass is 10.2.